The van der Waals surface area contributed by atoms with Gasteiger partial charge in [0, 0.05) is 24.2 Å². The number of aryl methyl sites for hydroxylation is 2. The number of carbonyl (C=O) groups excluding carboxylic acids is 1. The Labute approximate surface area is 148 Å². The van der Waals surface area contributed by atoms with Crippen LogP contribution in [0.5, 0.6) is 0 Å². The van der Waals surface area contributed by atoms with Crippen LogP contribution in [0.25, 0.3) is 0 Å². The number of anilines is 1. The van der Waals surface area contributed by atoms with Crippen molar-refractivity contribution in [1.29, 1.82) is 0 Å². The number of hydrogen-bond acceptors (Lipinski definition) is 2. The molecule has 0 N–H and O–H groups in total. The van der Waals surface area contributed by atoms with Gasteiger partial charge in [-0.3, -0.25) is 9.69 Å². The van der Waals surface area contributed by atoms with Crippen LogP contribution < -0.4 is 4.90 Å². The summed E-state index contributed by atoms with van der Waals surface area (Å²) in [6.45, 7) is 12.9. The maximum absolute atomic E-state index is 13.2. The molecule has 1 fully saturated rings. The van der Waals surface area contributed by atoms with E-state index in [1.807, 2.05) is 4.90 Å². The highest BCUT2D eigenvalue weighted by Crippen LogP contribution is 2.29. The number of benzene rings is 1. The zero-order chi connectivity index (χ0) is 17.7. The van der Waals surface area contributed by atoms with Crippen LogP contribution >= 0.6 is 0 Å². The van der Waals surface area contributed by atoms with Crippen LogP contribution in [0.15, 0.2) is 18.2 Å². The number of carbonyl (C=O) groups is 1. The SMILES string of the molecule is CCCN1CCCCC1CC(=O)N(c1c(C)cccc1C)C(C)C. The molecular formula is C21H34N2O. The van der Waals surface area contributed by atoms with Gasteiger partial charge in [0.25, 0.3) is 0 Å². The third kappa shape index (κ3) is 4.38. The van der Waals surface area contributed by atoms with E-state index in [0.717, 1.165) is 31.6 Å². The second-order valence-electron chi connectivity index (χ2n) is 7.49. The fraction of sp³-hybridized carbons (Fsp3) is 0.667. The van der Waals surface area contributed by atoms with Crippen molar-refractivity contribution >= 4 is 11.6 Å². The van der Waals surface area contributed by atoms with Crippen molar-refractivity contribution in [3.63, 3.8) is 0 Å². The Bertz CT molecular complexity index is 531. The lowest BCUT2D eigenvalue weighted by molar-refractivity contribution is -0.120. The van der Waals surface area contributed by atoms with E-state index < -0.39 is 0 Å². The quantitative estimate of drug-likeness (QED) is 0.755. The predicted octanol–water partition coefficient (Wildman–Crippen LogP) is 4.70. The van der Waals surface area contributed by atoms with E-state index in [9.17, 15) is 4.79 Å². The number of hydrogen-bond donors (Lipinski definition) is 0. The summed E-state index contributed by atoms with van der Waals surface area (Å²) in [6, 6.07) is 6.88. The van der Waals surface area contributed by atoms with Crippen LogP contribution in [0.4, 0.5) is 5.69 Å². The molecule has 3 heteroatoms. The Hall–Kier alpha value is -1.35. The Balaban J connectivity index is 2.20. The number of piperidine rings is 1. The van der Waals surface area contributed by atoms with Gasteiger partial charge in [0.1, 0.15) is 0 Å². The summed E-state index contributed by atoms with van der Waals surface area (Å²) in [5.41, 5.74) is 3.48. The van der Waals surface area contributed by atoms with Gasteiger partial charge >= 0.3 is 0 Å². The molecule has 1 aliphatic heterocycles. The van der Waals surface area contributed by atoms with Gasteiger partial charge in [0.2, 0.25) is 5.91 Å². The number of amides is 1. The Morgan fingerprint density at radius 2 is 1.92 bits per heavy atom. The monoisotopic (exact) mass is 330 g/mol. The van der Waals surface area contributed by atoms with Crippen molar-refractivity contribution in [3.05, 3.63) is 29.3 Å². The fourth-order valence-electron chi connectivity index (χ4n) is 4.03. The molecule has 2 rings (SSSR count). The average Bonchev–Trinajstić information content (AvgIpc) is 2.52. The van der Waals surface area contributed by atoms with Crippen molar-refractivity contribution in [1.82, 2.24) is 4.90 Å². The van der Waals surface area contributed by atoms with Crippen molar-refractivity contribution in [2.45, 2.75) is 78.8 Å². The Morgan fingerprint density at radius 1 is 1.25 bits per heavy atom. The molecule has 0 aliphatic carbocycles. The van der Waals surface area contributed by atoms with Crippen LogP contribution in [-0.4, -0.2) is 36.0 Å². The van der Waals surface area contributed by atoms with Crippen LogP contribution in [0, 0.1) is 13.8 Å². The summed E-state index contributed by atoms with van der Waals surface area (Å²) in [4.78, 5) is 17.8. The topological polar surface area (TPSA) is 23.6 Å². The van der Waals surface area contributed by atoms with Gasteiger partial charge in [-0.1, -0.05) is 31.5 Å². The van der Waals surface area contributed by atoms with Crippen LogP contribution in [-0.2, 0) is 4.79 Å². The minimum atomic E-state index is 0.181. The number of nitrogens with zero attached hydrogens (tertiary/aromatic N) is 2. The molecule has 3 nitrogen and oxygen atoms in total. The molecule has 1 unspecified atom stereocenters. The van der Waals surface area contributed by atoms with Crippen LogP contribution in [0.1, 0.15) is 64.0 Å². The molecule has 1 aromatic carbocycles. The summed E-state index contributed by atoms with van der Waals surface area (Å²) in [7, 11) is 0. The van der Waals surface area contributed by atoms with Crippen LogP contribution in [0.3, 0.4) is 0 Å². The first-order chi connectivity index (χ1) is 11.5. The van der Waals surface area contributed by atoms with E-state index in [0.29, 0.717) is 12.5 Å². The van der Waals surface area contributed by atoms with E-state index in [-0.39, 0.29) is 11.9 Å². The Kier molecular flexibility index (Phi) is 6.85. The van der Waals surface area contributed by atoms with E-state index in [1.54, 1.807) is 0 Å². The van der Waals surface area contributed by atoms with Gasteiger partial charge in [0.05, 0.1) is 0 Å². The molecule has 1 amide bonds. The molecule has 1 heterocycles. The van der Waals surface area contributed by atoms with Gasteiger partial charge < -0.3 is 4.90 Å². The predicted molar refractivity (Wildman–Crippen MR) is 103 cm³/mol. The largest absolute Gasteiger partial charge is 0.309 e. The lowest BCUT2D eigenvalue weighted by Gasteiger charge is -2.37. The molecule has 1 aliphatic rings. The van der Waals surface area contributed by atoms with E-state index in [1.165, 1.54) is 24.0 Å². The summed E-state index contributed by atoms with van der Waals surface area (Å²) in [6.07, 6.45) is 5.49. The molecule has 24 heavy (non-hydrogen) atoms. The first-order valence-corrected chi connectivity index (χ1v) is 9.58. The first kappa shape index (κ1) is 19.0. The minimum absolute atomic E-state index is 0.181. The van der Waals surface area contributed by atoms with Gasteiger partial charge in [-0.2, -0.15) is 0 Å². The highest BCUT2D eigenvalue weighted by atomic mass is 16.2. The lowest BCUT2D eigenvalue weighted by atomic mass is 9.97. The molecule has 0 radical (unpaired) electrons. The average molecular weight is 331 g/mol. The van der Waals surface area contributed by atoms with Gasteiger partial charge in [-0.15, -0.1) is 0 Å². The molecule has 1 atom stereocenters. The minimum Gasteiger partial charge on any atom is -0.309 e. The van der Waals surface area contributed by atoms with Crippen molar-refractivity contribution in [3.8, 4) is 0 Å². The standard InChI is InChI=1S/C21H34N2O/c1-6-13-22-14-8-7-12-19(22)15-20(24)23(16(2)3)21-17(4)10-9-11-18(21)5/h9-11,16,19H,6-8,12-15H2,1-5H3. The molecule has 0 spiro atoms. The summed E-state index contributed by atoms with van der Waals surface area (Å²) < 4.78 is 0. The van der Waals surface area contributed by atoms with Gasteiger partial charge in [0.15, 0.2) is 0 Å². The molecule has 0 aromatic heterocycles. The van der Waals surface area contributed by atoms with Crippen LogP contribution in [0.2, 0.25) is 0 Å². The first-order valence-electron chi connectivity index (χ1n) is 9.58. The molecule has 1 aromatic rings. The highest BCUT2D eigenvalue weighted by Gasteiger charge is 2.29. The molecule has 0 saturated carbocycles. The molecule has 1 saturated heterocycles. The van der Waals surface area contributed by atoms with Crippen molar-refractivity contribution in [2.24, 2.45) is 0 Å². The van der Waals surface area contributed by atoms with E-state index >= 15 is 0 Å². The molecule has 134 valence electrons. The van der Waals surface area contributed by atoms with Gasteiger partial charge in [-0.05, 0) is 71.2 Å². The number of likely N-dealkylation sites (tertiary alicyclic amines) is 1. The van der Waals surface area contributed by atoms with E-state index in [4.69, 9.17) is 0 Å². The lowest BCUT2D eigenvalue weighted by Crippen LogP contribution is -2.46. The Morgan fingerprint density at radius 3 is 2.50 bits per heavy atom. The summed E-state index contributed by atoms with van der Waals surface area (Å²) >= 11 is 0. The number of para-hydroxylation sites is 1. The fourth-order valence-corrected chi connectivity index (χ4v) is 4.03. The zero-order valence-corrected chi connectivity index (χ0v) is 16.1. The molecular weight excluding hydrogens is 296 g/mol. The second-order valence-corrected chi connectivity index (χ2v) is 7.49. The third-order valence-corrected chi connectivity index (χ3v) is 5.14. The normalized spacial score (nSPS) is 18.8. The van der Waals surface area contributed by atoms with E-state index in [2.05, 4.69) is 57.7 Å². The zero-order valence-electron chi connectivity index (χ0n) is 16.1. The van der Waals surface area contributed by atoms with Gasteiger partial charge in [-0.25, -0.2) is 0 Å². The summed E-state index contributed by atoms with van der Waals surface area (Å²) in [5, 5.41) is 0. The highest BCUT2D eigenvalue weighted by molar-refractivity contribution is 5.95. The third-order valence-electron chi connectivity index (χ3n) is 5.14. The smallest absolute Gasteiger partial charge is 0.228 e. The maximum atomic E-state index is 13.2. The molecule has 0 bridgehead atoms. The van der Waals surface area contributed by atoms with Crippen molar-refractivity contribution < 1.29 is 4.79 Å². The summed E-state index contributed by atoms with van der Waals surface area (Å²) in [5.74, 6) is 0.274. The number of rotatable bonds is 6. The maximum Gasteiger partial charge on any atom is 0.228 e. The van der Waals surface area contributed by atoms with Crippen molar-refractivity contribution in [2.75, 3.05) is 18.0 Å². The second kappa shape index (κ2) is 8.66.